The van der Waals surface area contributed by atoms with Gasteiger partial charge in [-0.3, -0.25) is 0 Å². The van der Waals surface area contributed by atoms with E-state index in [2.05, 4.69) is 0 Å². The smallest absolute Gasteiger partial charge is 0.243 e. The lowest BCUT2D eigenvalue weighted by Crippen LogP contribution is -2.35. The maximum Gasteiger partial charge on any atom is 0.243 e. The van der Waals surface area contributed by atoms with Gasteiger partial charge in [0.05, 0.1) is 11.5 Å². The molecule has 1 aliphatic rings. The Labute approximate surface area is 113 Å². The van der Waals surface area contributed by atoms with Gasteiger partial charge in [-0.05, 0) is 30.2 Å². The van der Waals surface area contributed by atoms with E-state index in [-0.39, 0.29) is 4.90 Å². The molecule has 19 heavy (non-hydrogen) atoms. The van der Waals surface area contributed by atoms with Crippen molar-refractivity contribution in [2.24, 2.45) is 0 Å². The summed E-state index contributed by atoms with van der Waals surface area (Å²) in [4.78, 5) is 0.246. The molecule has 0 aromatic heterocycles. The van der Waals surface area contributed by atoms with E-state index in [4.69, 9.17) is 10.5 Å². The van der Waals surface area contributed by atoms with Gasteiger partial charge in [0.15, 0.2) is 0 Å². The van der Waals surface area contributed by atoms with Gasteiger partial charge >= 0.3 is 0 Å². The highest BCUT2D eigenvalue weighted by molar-refractivity contribution is 7.89. The number of nitrogen functional groups attached to an aromatic ring is 1. The highest BCUT2D eigenvalue weighted by Gasteiger charge is 2.25. The Morgan fingerprint density at radius 3 is 2.79 bits per heavy atom. The van der Waals surface area contributed by atoms with E-state index in [1.807, 2.05) is 6.08 Å². The van der Waals surface area contributed by atoms with Crippen LogP contribution < -0.4 is 5.73 Å². The summed E-state index contributed by atoms with van der Waals surface area (Å²) in [6.45, 7) is 1.42. The molecule has 104 valence electrons. The Bertz CT molecular complexity index is 581. The van der Waals surface area contributed by atoms with Crippen molar-refractivity contribution in [1.29, 1.82) is 0 Å². The molecule has 0 atom stereocenters. The predicted molar refractivity (Wildman–Crippen MR) is 74.2 cm³/mol. The van der Waals surface area contributed by atoms with Crippen molar-refractivity contribution in [3.05, 3.63) is 35.9 Å². The van der Waals surface area contributed by atoms with Crippen LogP contribution in [0.5, 0.6) is 0 Å². The second-order valence-corrected chi connectivity index (χ2v) is 6.42. The van der Waals surface area contributed by atoms with Crippen LogP contribution in [0.3, 0.4) is 0 Å². The Morgan fingerprint density at radius 2 is 2.21 bits per heavy atom. The molecule has 0 spiro atoms. The molecule has 1 aromatic carbocycles. The first-order valence-corrected chi connectivity index (χ1v) is 7.50. The van der Waals surface area contributed by atoms with Gasteiger partial charge in [-0.15, -0.1) is 0 Å². The van der Waals surface area contributed by atoms with E-state index < -0.39 is 10.0 Å². The first kappa shape index (κ1) is 14.0. The molecule has 2 N–H and O–H groups in total. The van der Waals surface area contributed by atoms with Crippen LogP contribution in [0.25, 0.3) is 0 Å². The van der Waals surface area contributed by atoms with Gasteiger partial charge in [0, 0.05) is 25.9 Å². The van der Waals surface area contributed by atoms with Crippen LogP contribution in [0.4, 0.5) is 5.69 Å². The van der Waals surface area contributed by atoms with Crippen LogP contribution in [-0.2, 0) is 14.8 Å². The van der Waals surface area contributed by atoms with Crippen LogP contribution in [0.1, 0.15) is 6.42 Å². The SMILES string of the molecule is COCC1=CCN(S(=O)(=O)c2cccc(N)c2)CC1. The summed E-state index contributed by atoms with van der Waals surface area (Å²) in [5.74, 6) is 0. The molecule has 2 rings (SSSR count). The minimum atomic E-state index is -3.45. The Morgan fingerprint density at radius 1 is 1.42 bits per heavy atom. The number of benzene rings is 1. The van der Waals surface area contributed by atoms with Crippen LogP contribution in [0, 0.1) is 0 Å². The summed E-state index contributed by atoms with van der Waals surface area (Å²) in [5.41, 5.74) is 7.23. The molecule has 0 radical (unpaired) electrons. The number of hydrogen-bond acceptors (Lipinski definition) is 4. The molecule has 1 aromatic rings. The Balaban J connectivity index is 2.18. The Hall–Kier alpha value is -1.37. The van der Waals surface area contributed by atoms with E-state index in [1.165, 1.54) is 10.4 Å². The quantitative estimate of drug-likeness (QED) is 0.666. The third-order valence-corrected chi connectivity index (χ3v) is 4.95. The van der Waals surface area contributed by atoms with Gasteiger partial charge in [0.25, 0.3) is 0 Å². The summed E-state index contributed by atoms with van der Waals surface area (Å²) in [7, 11) is -1.82. The first-order valence-electron chi connectivity index (χ1n) is 6.06. The van der Waals surface area contributed by atoms with E-state index >= 15 is 0 Å². The molecule has 1 aliphatic heterocycles. The van der Waals surface area contributed by atoms with Crippen molar-refractivity contribution in [3.63, 3.8) is 0 Å². The standard InChI is InChI=1S/C13H18N2O3S/c1-18-10-11-5-7-15(8-6-11)19(16,17)13-4-2-3-12(14)9-13/h2-5,9H,6-8,10,14H2,1H3. The molecule has 5 nitrogen and oxygen atoms in total. The molecule has 0 unspecified atom stereocenters. The lowest BCUT2D eigenvalue weighted by Gasteiger charge is -2.25. The molecular weight excluding hydrogens is 264 g/mol. The highest BCUT2D eigenvalue weighted by Crippen LogP contribution is 2.21. The van der Waals surface area contributed by atoms with E-state index in [1.54, 1.807) is 25.3 Å². The normalized spacial score (nSPS) is 17.2. The van der Waals surface area contributed by atoms with E-state index in [9.17, 15) is 8.42 Å². The van der Waals surface area contributed by atoms with Gasteiger partial charge in [0.2, 0.25) is 10.0 Å². The molecule has 0 amide bonds. The van der Waals surface area contributed by atoms with Crippen molar-refractivity contribution in [2.75, 3.05) is 32.5 Å². The van der Waals surface area contributed by atoms with Crippen LogP contribution in [0.2, 0.25) is 0 Å². The second kappa shape index (κ2) is 5.73. The van der Waals surface area contributed by atoms with Crippen molar-refractivity contribution >= 4 is 15.7 Å². The number of sulfonamides is 1. The third kappa shape index (κ3) is 3.15. The van der Waals surface area contributed by atoms with Gasteiger partial charge in [-0.2, -0.15) is 4.31 Å². The number of nitrogens with two attached hydrogens (primary N) is 1. The predicted octanol–water partition coefficient (Wildman–Crippen LogP) is 1.24. The van der Waals surface area contributed by atoms with Crippen LogP contribution in [-0.4, -0.2) is 39.5 Å². The summed E-state index contributed by atoms with van der Waals surface area (Å²) in [6.07, 6.45) is 2.62. The highest BCUT2D eigenvalue weighted by atomic mass is 32.2. The number of nitrogens with zero attached hydrogens (tertiary/aromatic N) is 1. The van der Waals surface area contributed by atoms with Crippen molar-refractivity contribution < 1.29 is 13.2 Å². The topological polar surface area (TPSA) is 72.6 Å². The number of methoxy groups -OCH3 is 1. The average Bonchev–Trinajstić information content (AvgIpc) is 2.40. The van der Waals surface area contributed by atoms with Gasteiger partial charge < -0.3 is 10.5 Å². The molecule has 0 saturated carbocycles. The number of anilines is 1. The van der Waals surface area contributed by atoms with Crippen molar-refractivity contribution in [1.82, 2.24) is 4.31 Å². The van der Waals surface area contributed by atoms with Crippen LogP contribution in [0.15, 0.2) is 40.8 Å². The minimum absolute atomic E-state index is 0.246. The van der Waals surface area contributed by atoms with Crippen LogP contribution >= 0.6 is 0 Å². The summed E-state index contributed by atoms with van der Waals surface area (Å²) >= 11 is 0. The van der Waals surface area contributed by atoms with E-state index in [0.717, 1.165) is 5.57 Å². The average molecular weight is 282 g/mol. The zero-order chi connectivity index (χ0) is 13.9. The zero-order valence-electron chi connectivity index (χ0n) is 10.9. The second-order valence-electron chi connectivity index (χ2n) is 4.48. The molecule has 6 heteroatoms. The summed E-state index contributed by atoms with van der Waals surface area (Å²) < 4.78 is 31.3. The maximum absolute atomic E-state index is 12.4. The lowest BCUT2D eigenvalue weighted by molar-refractivity contribution is 0.219. The zero-order valence-corrected chi connectivity index (χ0v) is 11.7. The fraction of sp³-hybridized carbons (Fsp3) is 0.385. The molecule has 0 aliphatic carbocycles. The Kier molecular flexibility index (Phi) is 4.24. The number of rotatable bonds is 4. The number of ether oxygens (including phenoxy) is 1. The molecule has 0 fully saturated rings. The van der Waals surface area contributed by atoms with Gasteiger partial charge in [-0.25, -0.2) is 8.42 Å². The van der Waals surface area contributed by atoms with Crippen molar-refractivity contribution in [2.45, 2.75) is 11.3 Å². The maximum atomic E-state index is 12.4. The first-order chi connectivity index (χ1) is 9.04. The molecule has 1 heterocycles. The third-order valence-electron chi connectivity index (χ3n) is 3.09. The summed E-state index contributed by atoms with van der Waals surface area (Å²) in [6, 6.07) is 6.38. The van der Waals surface area contributed by atoms with Crippen molar-refractivity contribution in [3.8, 4) is 0 Å². The fourth-order valence-electron chi connectivity index (χ4n) is 2.05. The van der Waals surface area contributed by atoms with Gasteiger partial charge in [0.1, 0.15) is 0 Å². The van der Waals surface area contributed by atoms with E-state index in [0.29, 0.717) is 31.8 Å². The monoisotopic (exact) mass is 282 g/mol. The molecular formula is C13H18N2O3S. The fourth-order valence-corrected chi connectivity index (χ4v) is 3.49. The van der Waals surface area contributed by atoms with Gasteiger partial charge in [-0.1, -0.05) is 12.1 Å². The summed E-state index contributed by atoms with van der Waals surface area (Å²) in [5, 5.41) is 0. The molecule has 0 saturated heterocycles. The number of hydrogen-bond donors (Lipinski definition) is 1. The molecule has 0 bridgehead atoms. The largest absolute Gasteiger partial charge is 0.399 e. The lowest BCUT2D eigenvalue weighted by atomic mass is 10.1. The minimum Gasteiger partial charge on any atom is -0.399 e.